The van der Waals surface area contributed by atoms with Crippen LogP contribution in [0.5, 0.6) is 0 Å². The Kier molecular flexibility index (Phi) is 7.28. The number of carboxylic acids is 1. The highest BCUT2D eigenvalue weighted by Gasteiger charge is 2.26. The van der Waals surface area contributed by atoms with E-state index in [4.69, 9.17) is 5.11 Å². The van der Waals surface area contributed by atoms with Crippen molar-refractivity contribution in [2.75, 3.05) is 0 Å². The zero-order valence-corrected chi connectivity index (χ0v) is 15.1. The highest BCUT2D eigenvalue weighted by molar-refractivity contribution is 5.69. The second kappa shape index (κ2) is 8.71. The molecule has 1 aliphatic rings. The van der Waals surface area contributed by atoms with E-state index in [1.807, 2.05) is 31.2 Å². The van der Waals surface area contributed by atoms with Gasteiger partial charge in [-0.1, -0.05) is 67.0 Å². The van der Waals surface area contributed by atoms with Crippen molar-refractivity contribution < 1.29 is 9.90 Å². The van der Waals surface area contributed by atoms with E-state index in [-0.39, 0.29) is 11.8 Å². The standard InChI is InChI=1S/C21H30O2/c1-16(9-6-7-10-17(2)15-20(22)23)12-13-19-18(3)11-8-14-21(19,4)5/h6-7,9-10,12-13H,8,11,14-15H2,1-5H3,(H,22,23). The minimum Gasteiger partial charge on any atom is -0.481 e. The zero-order chi connectivity index (χ0) is 17.5. The summed E-state index contributed by atoms with van der Waals surface area (Å²) in [6, 6.07) is 0. The fourth-order valence-corrected chi connectivity index (χ4v) is 3.01. The van der Waals surface area contributed by atoms with Crippen molar-refractivity contribution in [1.29, 1.82) is 0 Å². The van der Waals surface area contributed by atoms with Crippen LogP contribution < -0.4 is 0 Å². The molecule has 2 heteroatoms. The summed E-state index contributed by atoms with van der Waals surface area (Å²) >= 11 is 0. The maximum Gasteiger partial charge on any atom is 0.307 e. The lowest BCUT2D eigenvalue weighted by atomic mass is 9.72. The predicted molar refractivity (Wildman–Crippen MR) is 98.4 cm³/mol. The molecular weight excluding hydrogens is 284 g/mol. The summed E-state index contributed by atoms with van der Waals surface area (Å²) in [6.07, 6.45) is 16.0. The van der Waals surface area contributed by atoms with Gasteiger partial charge in [-0.3, -0.25) is 4.79 Å². The van der Waals surface area contributed by atoms with Gasteiger partial charge in [0.15, 0.2) is 0 Å². The van der Waals surface area contributed by atoms with Gasteiger partial charge in [-0.25, -0.2) is 0 Å². The molecule has 0 atom stereocenters. The van der Waals surface area contributed by atoms with Crippen LogP contribution in [0.25, 0.3) is 0 Å². The molecule has 0 saturated carbocycles. The molecule has 0 saturated heterocycles. The summed E-state index contributed by atoms with van der Waals surface area (Å²) in [5.74, 6) is -0.791. The van der Waals surface area contributed by atoms with E-state index in [1.165, 1.54) is 36.0 Å². The Labute approximate surface area is 141 Å². The molecule has 0 bridgehead atoms. The fraction of sp³-hybridized carbons (Fsp3) is 0.476. The summed E-state index contributed by atoms with van der Waals surface area (Å²) in [6.45, 7) is 10.8. The van der Waals surface area contributed by atoms with Crippen LogP contribution in [0.15, 0.2) is 58.7 Å². The van der Waals surface area contributed by atoms with Crippen molar-refractivity contribution in [2.24, 2.45) is 5.41 Å². The number of allylic oxidation sites excluding steroid dienone is 9. The van der Waals surface area contributed by atoms with Crippen molar-refractivity contribution in [3.63, 3.8) is 0 Å². The van der Waals surface area contributed by atoms with Gasteiger partial charge in [-0.05, 0) is 51.0 Å². The first-order chi connectivity index (χ1) is 10.7. The van der Waals surface area contributed by atoms with Gasteiger partial charge in [0.1, 0.15) is 0 Å². The highest BCUT2D eigenvalue weighted by Crippen LogP contribution is 2.40. The molecule has 0 aromatic rings. The Bertz CT molecular complexity index is 581. The van der Waals surface area contributed by atoms with E-state index in [2.05, 4.69) is 39.8 Å². The molecule has 1 N–H and O–H groups in total. The Hall–Kier alpha value is -1.83. The highest BCUT2D eigenvalue weighted by atomic mass is 16.4. The first kappa shape index (κ1) is 19.2. The van der Waals surface area contributed by atoms with E-state index in [0.717, 1.165) is 5.57 Å². The van der Waals surface area contributed by atoms with Gasteiger partial charge < -0.3 is 5.11 Å². The molecule has 0 heterocycles. The molecule has 0 aromatic carbocycles. The summed E-state index contributed by atoms with van der Waals surface area (Å²) < 4.78 is 0. The number of hydrogen-bond donors (Lipinski definition) is 1. The molecule has 0 spiro atoms. The lowest BCUT2D eigenvalue weighted by Crippen LogP contribution is -2.19. The van der Waals surface area contributed by atoms with Crippen LogP contribution in [-0.2, 0) is 4.79 Å². The average molecular weight is 314 g/mol. The number of hydrogen-bond acceptors (Lipinski definition) is 1. The van der Waals surface area contributed by atoms with Gasteiger partial charge in [0.25, 0.3) is 0 Å². The van der Waals surface area contributed by atoms with E-state index < -0.39 is 5.97 Å². The van der Waals surface area contributed by atoms with Crippen molar-refractivity contribution in [2.45, 2.75) is 60.3 Å². The molecule has 1 aliphatic carbocycles. The monoisotopic (exact) mass is 314 g/mol. The molecule has 23 heavy (non-hydrogen) atoms. The zero-order valence-electron chi connectivity index (χ0n) is 15.1. The molecule has 0 unspecified atom stereocenters. The summed E-state index contributed by atoms with van der Waals surface area (Å²) in [5.41, 5.74) is 5.28. The van der Waals surface area contributed by atoms with Crippen molar-refractivity contribution in [3.8, 4) is 0 Å². The minimum atomic E-state index is -0.791. The van der Waals surface area contributed by atoms with Crippen molar-refractivity contribution in [3.05, 3.63) is 58.7 Å². The van der Waals surface area contributed by atoms with Gasteiger partial charge in [0.2, 0.25) is 0 Å². The molecule has 0 amide bonds. The van der Waals surface area contributed by atoms with Crippen LogP contribution in [0.4, 0.5) is 0 Å². The van der Waals surface area contributed by atoms with Crippen LogP contribution in [0, 0.1) is 5.41 Å². The van der Waals surface area contributed by atoms with E-state index in [1.54, 1.807) is 0 Å². The number of carboxylic acid groups (broad SMARTS) is 1. The van der Waals surface area contributed by atoms with Crippen LogP contribution >= 0.6 is 0 Å². The van der Waals surface area contributed by atoms with Gasteiger partial charge in [0, 0.05) is 0 Å². The largest absolute Gasteiger partial charge is 0.481 e. The smallest absolute Gasteiger partial charge is 0.307 e. The Morgan fingerprint density at radius 1 is 1.22 bits per heavy atom. The predicted octanol–water partition coefficient (Wildman–Crippen LogP) is 5.99. The van der Waals surface area contributed by atoms with Crippen molar-refractivity contribution in [1.82, 2.24) is 0 Å². The lowest BCUT2D eigenvalue weighted by Gasteiger charge is -2.32. The van der Waals surface area contributed by atoms with Crippen LogP contribution in [0.1, 0.15) is 60.3 Å². The normalized spacial score (nSPS) is 19.9. The number of rotatable bonds is 6. The molecule has 2 nitrogen and oxygen atoms in total. The Morgan fingerprint density at radius 3 is 2.48 bits per heavy atom. The molecule has 126 valence electrons. The fourth-order valence-electron chi connectivity index (χ4n) is 3.01. The summed E-state index contributed by atoms with van der Waals surface area (Å²) in [5, 5.41) is 8.70. The van der Waals surface area contributed by atoms with E-state index in [0.29, 0.717) is 0 Å². The topological polar surface area (TPSA) is 37.3 Å². The van der Waals surface area contributed by atoms with Gasteiger partial charge in [0.05, 0.1) is 6.42 Å². The molecule has 1 rings (SSSR count). The average Bonchev–Trinajstić information content (AvgIpc) is 2.41. The number of aliphatic carboxylic acids is 1. The van der Waals surface area contributed by atoms with Crippen LogP contribution in [-0.4, -0.2) is 11.1 Å². The Balaban J connectivity index is 2.71. The van der Waals surface area contributed by atoms with Gasteiger partial charge >= 0.3 is 5.97 Å². The third-order valence-electron chi connectivity index (χ3n) is 4.34. The van der Waals surface area contributed by atoms with E-state index in [9.17, 15) is 4.79 Å². The number of carbonyl (C=O) groups is 1. The Morgan fingerprint density at radius 2 is 1.87 bits per heavy atom. The molecule has 0 aromatic heterocycles. The second-order valence-corrected chi connectivity index (χ2v) is 7.14. The lowest BCUT2D eigenvalue weighted by molar-refractivity contribution is -0.136. The SMILES string of the molecule is CC(C=CC1=C(C)CCCC1(C)C)=CC=CC=C(C)CC(=O)O. The second-order valence-electron chi connectivity index (χ2n) is 7.14. The van der Waals surface area contributed by atoms with Crippen LogP contribution in [0.2, 0.25) is 0 Å². The molecule has 0 aliphatic heterocycles. The van der Waals surface area contributed by atoms with Crippen LogP contribution in [0.3, 0.4) is 0 Å². The quantitative estimate of drug-likeness (QED) is 0.611. The molecule has 0 radical (unpaired) electrons. The maximum atomic E-state index is 10.6. The third kappa shape index (κ3) is 6.85. The summed E-state index contributed by atoms with van der Waals surface area (Å²) in [7, 11) is 0. The van der Waals surface area contributed by atoms with Crippen molar-refractivity contribution >= 4 is 5.97 Å². The maximum absolute atomic E-state index is 10.6. The summed E-state index contributed by atoms with van der Waals surface area (Å²) in [4.78, 5) is 10.6. The minimum absolute atomic E-state index is 0.0927. The first-order valence-corrected chi connectivity index (χ1v) is 8.33. The molecular formula is C21H30O2. The first-order valence-electron chi connectivity index (χ1n) is 8.33. The van der Waals surface area contributed by atoms with E-state index >= 15 is 0 Å². The molecule has 0 fully saturated rings. The van der Waals surface area contributed by atoms with Gasteiger partial charge in [-0.2, -0.15) is 0 Å². The van der Waals surface area contributed by atoms with Gasteiger partial charge in [-0.15, -0.1) is 0 Å². The third-order valence-corrected chi connectivity index (χ3v) is 4.34.